The third kappa shape index (κ3) is 2.89. The molecule has 8 nitrogen and oxygen atoms in total. The van der Waals surface area contributed by atoms with Crippen molar-refractivity contribution in [2.24, 2.45) is 0 Å². The van der Waals surface area contributed by atoms with Gasteiger partial charge in [-0.25, -0.2) is 9.59 Å². The summed E-state index contributed by atoms with van der Waals surface area (Å²) in [6.07, 6.45) is 0. The van der Waals surface area contributed by atoms with E-state index in [2.05, 4.69) is 10.3 Å². The van der Waals surface area contributed by atoms with Crippen LogP contribution in [-0.4, -0.2) is 15.9 Å². The fraction of sp³-hybridized carbons (Fsp3) is 0.125. The van der Waals surface area contributed by atoms with Crippen molar-refractivity contribution >= 4 is 22.6 Å². The van der Waals surface area contributed by atoms with Crippen molar-refractivity contribution in [3.63, 3.8) is 0 Å². The second kappa shape index (κ2) is 5.65. The van der Waals surface area contributed by atoms with Gasteiger partial charge in [0.05, 0.1) is 0 Å². The van der Waals surface area contributed by atoms with E-state index in [4.69, 9.17) is 4.42 Å². The Labute approximate surface area is 134 Å². The van der Waals surface area contributed by atoms with Crippen LogP contribution in [0.3, 0.4) is 0 Å². The van der Waals surface area contributed by atoms with Crippen LogP contribution in [0.25, 0.3) is 11.0 Å². The van der Waals surface area contributed by atoms with Crippen molar-refractivity contribution in [1.29, 1.82) is 0 Å². The van der Waals surface area contributed by atoms with Crippen molar-refractivity contribution in [1.82, 2.24) is 9.97 Å². The minimum Gasteiger partial charge on any atom is -0.423 e. The maximum atomic E-state index is 12.2. The molecule has 1 aromatic carbocycles. The van der Waals surface area contributed by atoms with Crippen LogP contribution in [0.2, 0.25) is 0 Å². The fourth-order valence-electron chi connectivity index (χ4n) is 2.38. The third-order valence-electron chi connectivity index (χ3n) is 3.55. The minimum atomic E-state index is -0.763. The highest BCUT2D eigenvalue weighted by molar-refractivity contribution is 6.04. The van der Waals surface area contributed by atoms with Gasteiger partial charge in [-0.2, -0.15) is 0 Å². The highest BCUT2D eigenvalue weighted by Crippen LogP contribution is 2.25. The van der Waals surface area contributed by atoms with Crippen molar-refractivity contribution in [3.8, 4) is 0 Å². The van der Waals surface area contributed by atoms with Crippen LogP contribution in [0.15, 0.2) is 43.1 Å². The van der Waals surface area contributed by atoms with Gasteiger partial charge in [0, 0.05) is 23.2 Å². The molecule has 0 aliphatic carbocycles. The number of aryl methyl sites for hydroxylation is 2. The summed E-state index contributed by atoms with van der Waals surface area (Å²) in [5.41, 5.74) is 0.234. The van der Waals surface area contributed by atoms with Crippen molar-refractivity contribution in [2.75, 3.05) is 5.32 Å². The van der Waals surface area contributed by atoms with E-state index in [9.17, 15) is 19.2 Å². The summed E-state index contributed by atoms with van der Waals surface area (Å²) in [5, 5.41) is 3.31. The minimum absolute atomic E-state index is 0.153. The normalized spacial score (nSPS) is 10.8. The lowest BCUT2D eigenvalue weighted by Crippen LogP contribution is -2.27. The molecular formula is C16H13N3O5. The molecule has 0 bridgehead atoms. The predicted molar refractivity (Wildman–Crippen MR) is 87.6 cm³/mol. The third-order valence-corrected chi connectivity index (χ3v) is 3.55. The summed E-state index contributed by atoms with van der Waals surface area (Å²) in [5.74, 6) is -0.629. The van der Waals surface area contributed by atoms with Gasteiger partial charge < -0.3 is 14.7 Å². The number of rotatable bonds is 2. The first-order valence-electron chi connectivity index (χ1n) is 7.03. The summed E-state index contributed by atoms with van der Waals surface area (Å²) in [7, 11) is 0. The number of hydrogen-bond acceptors (Lipinski definition) is 5. The number of aromatic amines is 2. The molecule has 3 rings (SSSR count). The largest absolute Gasteiger partial charge is 0.423 e. The molecule has 2 heterocycles. The van der Waals surface area contributed by atoms with E-state index in [-0.39, 0.29) is 5.69 Å². The molecule has 3 aromatic rings. The van der Waals surface area contributed by atoms with Gasteiger partial charge in [0.25, 0.3) is 11.5 Å². The maximum absolute atomic E-state index is 12.2. The number of fused-ring (bicyclic) bond motifs is 1. The lowest BCUT2D eigenvalue weighted by molar-refractivity contribution is 0.102. The molecular weight excluding hydrogens is 314 g/mol. The Kier molecular flexibility index (Phi) is 3.64. The average Bonchev–Trinajstić information content (AvgIpc) is 2.47. The molecule has 0 fully saturated rings. The molecule has 2 aromatic heterocycles. The molecule has 122 valence electrons. The number of carbonyl (C=O) groups is 1. The molecule has 0 aliphatic rings. The van der Waals surface area contributed by atoms with Crippen molar-refractivity contribution < 1.29 is 9.21 Å². The summed E-state index contributed by atoms with van der Waals surface area (Å²) < 4.78 is 5.14. The van der Waals surface area contributed by atoms with Crippen LogP contribution in [0.1, 0.15) is 21.6 Å². The number of carbonyl (C=O) groups excluding carboxylic acids is 1. The van der Waals surface area contributed by atoms with E-state index in [1.165, 1.54) is 6.07 Å². The van der Waals surface area contributed by atoms with Gasteiger partial charge in [0.15, 0.2) is 0 Å². The van der Waals surface area contributed by atoms with Gasteiger partial charge in [0.1, 0.15) is 11.3 Å². The Morgan fingerprint density at radius 1 is 1.00 bits per heavy atom. The molecule has 0 spiro atoms. The van der Waals surface area contributed by atoms with E-state index in [0.717, 1.165) is 6.07 Å². The number of benzene rings is 1. The van der Waals surface area contributed by atoms with E-state index in [1.807, 2.05) is 4.98 Å². The Morgan fingerprint density at radius 3 is 2.46 bits per heavy atom. The first-order chi connectivity index (χ1) is 11.3. The van der Waals surface area contributed by atoms with E-state index in [1.54, 1.807) is 26.0 Å². The zero-order valence-electron chi connectivity index (χ0n) is 12.9. The summed E-state index contributed by atoms with van der Waals surface area (Å²) in [6.45, 7) is 3.49. The van der Waals surface area contributed by atoms with Crippen LogP contribution in [0, 0.1) is 13.8 Å². The Hall–Kier alpha value is -3.42. The highest BCUT2D eigenvalue weighted by Gasteiger charge is 2.12. The molecule has 3 N–H and O–H groups in total. The predicted octanol–water partition coefficient (Wildman–Crippen LogP) is 1.04. The molecule has 0 saturated carbocycles. The highest BCUT2D eigenvalue weighted by atomic mass is 16.4. The van der Waals surface area contributed by atoms with E-state index < -0.39 is 22.8 Å². The average molecular weight is 327 g/mol. The molecule has 0 unspecified atom stereocenters. The number of hydrogen-bond donors (Lipinski definition) is 3. The summed E-state index contributed by atoms with van der Waals surface area (Å²) in [6, 6.07) is 5.67. The molecule has 0 aliphatic heterocycles. The molecule has 1 amide bonds. The molecule has 8 heteroatoms. The van der Waals surface area contributed by atoms with Crippen LogP contribution < -0.4 is 22.2 Å². The summed E-state index contributed by atoms with van der Waals surface area (Å²) in [4.78, 5) is 50.5. The Morgan fingerprint density at radius 2 is 1.75 bits per heavy atom. The quantitative estimate of drug-likeness (QED) is 0.606. The number of aromatic nitrogens is 2. The summed E-state index contributed by atoms with van der Waals surface area (Å²) >= 11 is 0. The van der Waals surface area contributed by atoms with Crippen molar-refractivity contribution in [2.45, 2.75) is 13.8 Å². The molecule has 0 saturated heterocycles. The zero-order chi connectivity index (χ0) is 17.4. The zero-order valence-corrected chi connectivity index (χ0v) is 12.9. The van der Waals surface area contributed by atoms with Gasteiger partial charge in [-0.05, 0) is 37.1 Å². The molecule has 0 atom stereocenters. The Bertz CT molecular complexity index is 1110. The van der Waals surface area contributed by atoms with E-state index >= 15 is 0 Å². The number of anilines is 1. The van der Waals surface area contributed by atoms with Crippen LogP contribution >= 0.6 is 0 Å². The lowest BCUT2D eigenvalue weighted by Gasteiger charge is -2.10. The first-order valence-corrected chi connectivity index (χ1v) is 7.03. The van der Waals surface area contributed by atoms with Crippen molar-refractivity contribution in [3.05, 3.63) is 72.3 Å². The fourth-order valence-corrected chi connectivity index (χ4v) is 2.38. The SMILES string of the molecule is Cc1cc2oc(=O)cc(C)c2cc1NC(=O)c1cc(=O)[nH]c(=O)[nH]1. The van der Waals surface area contributed by atoms with Gasteiger partial charge in [-0.1, -0.05) is 0 Å². The van der Waals surface area contributed by atoms with Gasteiger partial charge in [-0.15, -0.1) is 0 Å². The standard InChI is InChI=1S/C16H13N3O5/c1-7-4-14(21)24-12-3-8(2)10(5-9(7)12)17-15(22)11-6-13(20)19-16(23)18-11/h3-6H,1-2H3,(H,17,22)(H2,18,19,20,23). The second-order valence-electron chi connectivity index (χ2n) is 5.37. The van der Waals surface area contributed by atoms with Gasteiger partial charge in [0.2, 0.25) is 0 Å². The first kappa shape index (κ1) is 15.5. The monoisotopic (exact) mass is 327 g/mol. The number of H-pyrrole nitrogens is 2. The second-order valence-corrected chi connectivity index (χ2v) is 5.37. The van der Waals surface area contributed by atoms with Gasteiger partial charge in [-0.3, -0.25) is 14.6 Å². The van der Waals surface area contributed by atoms with E-state index in [0.29, 0.717) is 27.8 Å². The lowest BCUT2D eigenvalue weighted by atomic mass is 10.1. The molecule has 24 heavy (non-hydrogen) atoms. The topological polar surface area (TPSA) is 125 Å². The molecule has 0 radical (unpaired) electrons. The number of nitrogens with one attached hydrogen (secondary N) is 3. The smallest absolute Gasteiger partial charge is 0.336 e. The van der Waals surface area contributed by atoms with Crippen LogP contribution in [-0.2, 0) is 0 Å². The van der Waals surface area contributed by atoms with Crippen LogP contribution in [0.4, 0.5) is 5.69 Å². The Balaban J connectivity index is 2.05. The van der Waals surface area contributed by atoms with Gasteiger partial charge >= 0.3 is 11.3 Å². The van der Waals surface area contributed by atoms with Crippen LogP contribution in [0.5, 0.6) is 0 Å². The number of amides is 1. The maximum Gasteiger partial charge on any atom is 0.336 e.